The number of fused-ring (bicyclic) bond motifs is 1. The van der Waals surface area contributed by atoms with Crippen LogP contribution in [0.25, 0.3) is 5.65 Å². The number of nitrogens with one attached hydrogen (secondary N) is 1. The SMILES string of the molecule is Cc1cccc2nc(CNC(=O)c3ccnc(N(C)C)c3)cn12. The minimum absolute atomic E-state index is 0.135. The first kappa shape index (κ1) is 15.0. The second-order valence-electron chi connectivity index (χ2n) is 5.61. The van der Waals surface area contributed by atoms with E-state index < -0.39 is 0 Å². The van der Waals surface area contributed by atoms with Gasteiger partial charge in [-0.05, 0) is 31.2 Å². The van der Waals surface area contributed by atoms with Crippen molar-refractivity contribution in [3.8, 4) is 0 Å². The standard InChI is InChI=1S/C17H19N5O/c1-12-5-4-6-15-20-14(11-22(12)15)10-19-17(23)13-7-8-18-16(9-13)21(2)3/h4-9,11H,10H2,1-3H3,(H,19,23). The van der Waals surface area contributed by atoms with Crippen LogP contribution in [-0.4, -0.2) is 34.4 Å². The Morgan fingerprint density at radius 3 is 2.87 bits per heavy atom. The molecule has 0 bridgehead atoms. The third-order valence-electron chi connectivity index (χ3n) is 3.64. The zero-order valence-corrected chi connectivity index (χ0v) is 13.4. The number of rotatable bonds is 4. The van der Waals surface area contributed by atoms with Crippen molar-refractivity contribution in [3.05, 3.63) is 59.7 Å². The fourth-order valence-electron chi connectivity index (χ4n) is 2.36. The maximum absolute atomic E-state index is 12.3. The summed E-state index contributed by atoms with van der Waals surface area (Å²) in [6, 6.07) is 9.42. The lowest BCUT2D eigenvalue weighted by atomic mass is 10.2. The van der Waals surface area contributed by atoms with Gasteiger partial charge in [0.15, 0.2) is 0 Å². The molecule has 3 rings (SSSR count). The maximum Gasteiger partial charge on any atom is 0.251 e. The average molecular weight is 309 g/mol. The Morgan fingerprint density at radius 2 is 2.13 bits per heavy atom. The molecule has 1 N–H and O–H groups in total. The van der Waals surface area contributed by atoms with Gasteiger partial charge in [-0.25, -0.2) is 9.97 Å². The van der Waals surface area contributed by atoms with E-state index in [2.05, 4.69) is 15.3 Å². The van der Waals surface area contributed by atoms with Gasteiger partial charge in [0.2, 0.25) is 0 Å². The highest BCUT2D eigenvalue weighted by molar-refractivity contribution is 5.94. The molecule has 118 valence electrons. The van der Waals surface area contributed by atoms with Crippen LogP contribution >= 0.6 is 0 Å². The molecular formula is C17H19N5O. The number of aryl methyl sites for hydroxylation is 1. The molecule has 0 aliphatic rings. The number of carbonyl (C=O) groups excluding carboxylic acids is 1. The monoisotopic (exact) mass is 309 g/mol. The Kier molecular flexibility index (Phi) is 3.97. The van der Waals surface area contributed by atoms with Gasteiger partial charge in [-0.3, -0.25) is 4.79 Å². The molecule has 0 aliphatic heterocycles. The summed E-state index contributed by atoms with van der Waals surface area (Å²) >= 11 is 0. The van der Waals surface area contributed by atoms with Crippen LogP contribution in [0, 0.1) is 6.92 Å². The molecule has 0 radical (unpaired) electrons. The Labute approximate surface area is 134 Å². The van der Waals surface area contributed by atoms with Gasteiger partial charge in [0.05, 0.1) is 12.2 Å². The van der Waals surface area contributed by atoms with Crippen molar-refractivity contribution < 1.29 is 4.79 Å². The van der Waals surface area contributed by atoms with Gasteiger partial charge in [0, 0.05) is 37.7 Å². The summed E-state index contributed by atoms with van der Waals surface area (Å²) in [6.45, 7) is 2.41. The molecule has 3 aromatic heterocycles. The van der Waals surface area contributed by atoms with E-state index in [0.29, 0.717) is 12.1 Å². The van der Waals surface area contributed by atoms with Crippen molar-refractivity contribution in [3.63, 3.8) is 0 Å². The molecule has 0 saturated heterocycles. The fourth-order valence-corrected chi connectivity index (χ4v) is 2.36. The Bertz CT molecular complexity index is 853. The summed E-state index contributed by atoms with van der Waals surface area (Å²) in [6.07, 6.45) is 3.58. The molecule has 0 aromatic carbocycles. The molecule has 1 amide bonds. The second-order valence-corrected chi connectivity index (χ2v) is 5.61. The van der Waals surface area contributed by atoms with E-state index in [0.717, 1.165) is 22.9 Å². The van der Waals surface area contributed by atoms with E-state index in [9.17, 15) is 4.79 Å². The molecule has 3 aromatic rings. The summed E-state index contributed by atoms with van der Waals surface area (Å²) in [5.74, 6) is 0.616. The van der Waals surface area contributed by atoms with Crippen molar-refractivity contribution in [2.75, 3.05) is 19.0 Å². The minimum atomic E-state index is -0.135. The number of amides is 1. The lowest BCUT2D eigenvalue weighted by molar-refractivity contribution is 0.0950. The molecule has 3 heterocycles. The normalized spacial score (nSPS) is 10.7. The summed E-state index contributed by atoms with van der Waals surface area (Å²) < 4.78 is 2.01. The fraction of sp³-hybridized carbons (Fsp3) is 0.235. The number of pyridine rings is 2. The van der Waals surface area contributed by atoms with Gasteiger partial charge < -0.3 is 14.6 Å². The Hall–Kier alpha value is -2.89. The van der Waals surface area contributed by atoms with E-state index in [-0.39, 0.29) is 5.91 Å². The number of hydrogen-bond donors (Lipinski definition) is 1. The van der Waals surface area contributed by atoms with Crippen LogP contribution in [0.1, 0.15) is 21.7 Å². The molecule has 0 atom stereocenters. The van der Waals surface area contributed by atoms with Gasteiger partial charge in [0.25, 0.3) is 5.91 Å². The van der Waals surface area contributed by atoms with Crippen LogP contribution < -0.4 is 10.2 Å². The van der Waals surface area contributed by atoms with E-state index >= 15 is 0 Å². The smallest absolute Gasteiger partial charge is 0.251 e. The third kappa shape index (κ3) is 3.15. The molecule has 23 heavy (non-hydrogen) atoms. The number of carbonyl (C=O) groups is 1. The van der Waals surface area contributed by atoms with Crippen molar-refractivity contribution >= 4 is 17.4 Å². The summed E-state index contributed by atoms with van der Waals surface area (Å²) in [7, 11) is 3.78. The highest BCUT2D eigenvalue weighted by Crippen LogP contribution is 2.11. The first-order chi connectivity index (χ1) is 11.0. The van der Waals surface area contributed by atoms with Crippen LogP contribution in [0.5, 0.6) is 0 Å². The first-order valence-corrected chi connectivity index (χ1v) is 7.40. The van der Waals surface area contributed by atoms with Crippen molar-refractivity contribution in [1.82, 2.24) is 19.7 Å². The Morgan fingerprint density at radius 1 is 1.30 bits per heavy atom. The average Bonchev–Trinajstić information content (AvgIpc) is 2.97. The van der Waals surface area contributed by atoms with Gasteiger partial charge in [-0.15, -0.1) is 0 Å². The molecule has 0 aliphatic carbocycles. The highest BCUT2D eigenvalue weighted by atomic mass is 16.1. The van der Waals surface area contributed by atoms with E-state index in [1.165, 1.54) is 0 Å². The van der Waals surface area contributed by atoms with Gasteiger partial charge >= 0.3 is 0 Å². The molecule has 0 spiro atoms. The largest absolute Gasteiger partial charge is 0.363 e. The number of anilines is 1. The molecule has 0 unspecified atom stereocenters. The van der Waals surface area contributed by atoms with E-state index in [1.54, 1.807) is 18.3 Å². The van der Waals surface area contributed by atoms with Crippen LogP contribution in [0.4, 0.5) is 5.82 Å². The zero-order valence-electron chi connectivity index (χ0n) is 13.4. The lowest BCUT2D eigenvalue weighted by Gasteiger charge is -2.11. The molecule has 6 heteroatoms. The predicted octanol–water partition coefficient (Wildman–Crippen LogP) is 2.03. The molecule has 0 fully saturated rings. The summed E-state index contributed by atoms with van der Waals surface area (Å²) in [4.78, 5) is 22.9. The zero-order chi connectivity index (χ0) is 16.4. The second kappa shape index (κ2) is 6.08. The van der Waals surface area contributed by atoms with Crippen molar-refractivity contribution in [2.24, 2.45) is 0 Å². The van der Waals surface area contributed by atoms with Gasteiger partial charge in [0.1, 0.15) is 11.5 Å². The topological polar surface area (TPSA) is 62.5 Å². The molecule has 6 nitrogen and oxygen atoms in total. The highest BCUT2D eigenvalue weighted by Gasteiger charge is 2.09. The summed E-state index contributed by atoms with van der Waals surface area (Å²) in [5, 5.41) is 2.90. The molecule has 0 saturated carbocycles. The summed E-state index contributed by atoms with van der Waals surface area (Å²) in [5.41, 5.74) is 3.41. The van der Waals surface area contributed by atoms with E-state index in [4.69, 9.17) is 0 Å². The predicted molar refractivity (Wildman–Crippen MR) is 89.7 cm³/mol. The number of nitrogens with zero attached hydrogens (tertiary/aromatic N) is 4. The third-order valence-corrected chi connectivity index (χ3v) is 3.64. The van der Waals surface area contributed by atoms with Crippen LogP contribution in [0.3, 0.4) is 0 Å². The van der Waals surface area contributed by atoms with Crippen LogP contribution in [-0.2, 0) is 6.54 Å². The first-order valence-electron chi connectivity index (χ1n) is 7.40. The maximum atomic E-state index is 12.3. The van der Waals surface area contributed by atoms with Crippen LogP contribution in [0.2, 0.25) is 0 Å². The van der Waals surface area contributed by atoms with E-state index in [1.807, 2.05) is 54.7 Å². The van der Waals surface area contributed by atoms with Gasteiger partial charge in [-0.1, -0.05) is 6.07 Å². The lowest BCUT2D eigenvalue weighted by Crippen LogP contribution is -2.23. The quantitative estimate of drug-likeness (QED) is 0.801. The number of hydrogen-bond acceptors (Lipinski definition) is 4. The number of imidazole rings is 1. The minimum Gasteiger partial charge on any atom is -0.363 e. The van der Waals surface area contributed by atoms with Crippen molar-refractivity contribution in [1.29, 1.82) is 0 Å². The van der Waals surface area contributed by atoms with Crippen LogP contribution in [0.15, 0.2) is 42.7 Å². The molecular weight excluding hydrogens is 290 g/mol. The Balaban J connectivity index is 1.73. The number of aromatic nitrogens is 3. The van der Waals surface area contributed by atoms with Crippen molar-refractivity contribution in [2.45, 2.75) is 13.5 Å². The van der Waals surface area contributed by atoms with Gasteiger partial charge in [-0.2, -0.15) is 0 Å².